The molecule has 1 heterocycles. The van der Waals surface area contributed by atoms with Gasteiger partial charge in [0.1, 0.15) is 5.69 Å². The molecule has 0 radical (unpaired) electrons. The van der Waals surface area contributed by atoms with Gasteiger partial charge in [0.2, 0.25) is 11.3 Å². The molecule has 4 nitrogen and oxygen atoms in total. The first-order valence-corrected chi connectivity index (χ1v) is 4.99. The number of H-pyrrole nitrogens is 1. The Balaban J connectivity index is 2.76. The Kier molecular flexibility index (Phi) is 2.48. The molecule has 2 rings (SSSR count). The number of carbonyl (C=O) groups is 1. The predicted molar refractivity (Wildman–Crippen MR) is 63.6 cm³/mol. The van der Waals surface area contributed by atoms with Crippen molar-refractivity contribution in [2.75, 3.05) is 5.32 Å². The number of anilines is 1. The minimum absolute atomic E-state index is 0.151. The van der Waals surface area contributed by atoms with E-state index in [1.54, 1.807) is 19.1 Å². The molecule has 1 aromatic heterocycles. The molecular weight excluding hydrogens is 204 g/mol. The maximum Gasteiger partial charge on any atom is 0.221 e. The molecule has 1 amide bonds. The number of amides is 1. The largest absolute Gasteiger partial charge is 0.357 e. The number of nitrogens with one attached hydrogen (secondary N) is 2. The fraction of sp³-hybridized carbons (Fsp3) is 0.167. The van der Waals surface area contributed by atoms with E-state index in [4.69, 9.17) is 0 Å². The number of rotatable bonds is 1. The number of hydrogen-bond acceptors (Lipinski definition) is 2. The second-order valence-corrected chi connectivity index (χ2v) is 3.68. The third kappa shape index (κ3) is 1.69. The highest BCUT2D eigenvalue weighted by molar-refractivity contribution is 5.92. The van der Waals surface area contributed by atoms with Gasteiger partial charge in [0, 0.05) is 23.5 Å². The van der Waals surface area contributed by atoms with Gasteiger partial charge in [-0.2, -0.15) is 0 Å². The maximum atomic E-state index is 12.1. The van der Waals surface area contributed by atoms with Crippen molar-refractivity contribution < 1.29 is 4.79 Å². The van der Waals surface area contributed by atoms with Crippen LogP contribution < -0.4 is 10.7 Å². The Morgan fingerprint density at radius 2 is 2.00 bits per heavy atom. The van der Waals surface area contributed by atoms with Gasteiger partial charge in [0.05, 0.1) is 0 Å². The number of carbonyl (C=O) groups excluding carboxylic acids is 1. The molecule has 0 unspecified atom stereocenters. The Labute approximate surface area is 92.3 Å². The minimum Gasteiger partial charge on any atom is -0.357 e. The van der Waals surface area contributed by atoms with Crippen molar-refractivity contribution in [2.45, 2.75) is 13.8 Å². The van der Waals surface area contributed by atoms with Gasteiger partial charge in [-0.15, -0.1) is 0 Å². The second-order valence-electron chi connectivity index (χ2n) is 3.68. The van der Waals surface area contributed by atoms with E-state index in [2.05, 4.69) is 10.3 Å². The molecule has 0 saturated heterocycles. The molecule has 0 atom stereocenters. The molecule has 16 heavy (non-hydrogen) atoms. The fourth-order valence-corrected chi connectivity index (χ4v) is 1.69. The average Bonchev–Trinajstić information content (AvgIpc) is 2.24. The van der Waals surface area contributed by atoms with E-state index in [1.807, 2.05) is 12.1 Å². The zero-order valence-electron chi connectivity index (χ0n) is 9.13. The maximum absolute atomic E-state index is 12.1. The topological polar surface area (TPSA) is 62.0 Å². The van der Waals surface area contributed by atoms with Gasteiger partial charge in [-0.25, -0.2) is 0 Å². The zero-order chi connectivity index (χ0) is 11.7. The molecule has 4 heteroatoms. The molecule has 0 aliphatic heterocycles. The lowest BCUT2D eigenvalue weighted by Gasteiger charge is -2.07. The van der Waals surface area contributed by atoms with Crippen LogP contribution in [0.15, 0.2) is 29.1 Å². The van der Waals surface area contributed by atoms with Gasteiger partial charge >= 0.3 is 0 Å². The number of aromatic amines is 1. The quantitative estimate of drug-likeness (QED) is 0.763. The van der Waals surface area contributed by atoms with Crippen molar-refractivity contribution in [3.63, 3.8) is 0 Å². The number of benzene rings is 1. The summed E-state index contributed by atoms with van der Waals surface area (Å²) in [5.74, 6) is -0.246. The van der Waals surface area contributed by atoms with Gasteiger partial charge < -0.3 is 10.3 Å². The van der Waals surface area contributed by atoms with Crippen LogP contribution in [0.5, 0.6) is 0 Å². The number of hydrogen-bond donors (Lipinski definition) is 2. The SMILES string of the molecule is CC(=O)Nc1c(C)[nH]c2ccccc2c1=O. The van der Waals surface area contributed by atoms with Crippen LogP contribution in [-0.4, -0.2) is 10.9 Å². The van der Waals surface area contributed by atoms with E-state index >= 15 is 0 Å². The zero-order valence-corrected chi connectivity index (χ0v) is 9.13. The predicted octanol–water partition coefficient (Wildman–Crippen LogP) is 1.79. The van der Waals surface area contributed by atoms with Gasteiger partial charge in [-0.1, -0.05) is 12.1 Å². The van der Waals surface area contributed by atoms with Crippen LogP contribution in [-0.2, 0) is 4.79 Å². The van der Waals surface area contributed by atoms with Crippen LogP contribution in [0.2, 0.25) is 0 Å². The number of aromatic nitrogens is 1. The lowest BCUT2D eigenvalue weighted by molar-refractivity contribution is -0.114. The molecule has 0 aliphatic carbocycles. The first kappa shape index (κ1) is 10.4. The molecule has 0 saturated carbocycles. The molecule has 1 aromatic carbocycles. The van der Waals surface area contributed by atoms with E-state index in [9.17, 15) is 9.59 Å². The number of aryl methyl sites for hydroxylation is 1. The Bertz CT molecular complexity index is 614. The summed E-state index contributed by atoms with van der Waals surface area (Å²) >= 11 is 0. The van der Waals surface area contributed by atoms with E-state index in [0.717, 1.165) is 5.52 Å². The first-order chi connectivity index (χ1) is 7.59. The van der Waals surface area contributed by atoms with Crippen molar-refractivity contribution in [1.82, 2.24) is 4.98 Å². The van der Waals surface area contributed by atoms with Crippen LogP contribution in [0.3, 0.4) is 0 Å². The average molecular weight is 216 g/mol. The Morgan fingerprint density at radius 1 is 1.31 bits per heavy atom. The summed E-state index contributed by atoms with van der Waals surface area (Å²) in [4.78, 5) is 26.1. The molecule has 0 fully saturated rings. The standard InChI is InChI=1S/C12H12N2O2/c1-7-11(14-8(2)15)12(16)9-5-3-4-6-10(9)13-7/h3-6H,1-2H3,(H,13,16)(H,14,15). The summed E-state index contributed by atoms with van der Waals surface area (Å²) in [5, 5.41) is 3.13. The lowest BCUT2D eigenvalue weighted by Crippen LogP contribution is -2.18. The summed E-state index contributed by atoms with van der Waals surface area (Å²) in [6.45, 7) is 3.15. The minimum atomic E-state index is -0.246. The highest BCUT2D eigenvalue weighted by atomic mass is 16.2. The summed E-state index contributed by atoms with van der Waals surface area (Å²) in [5.41, 5.74) is 1.62. The van der Waals surface area contributed by atoms with E-state index in [0.29, 0.717) is 16.8 Å². The summed E-state index contributed by atoms with van der Waals surface area (Å²) in [7, 11) is 0. The Hall–Kier alpha value is -2.10. The van der Waals surface area contributed by atoms with Crippen molar-refractivity contribution in [3.8, 4) is 0 Å². The van der Waals surface area contributed by atoms with E-state index in [1.165, 1.54) is 6.92 Å². The summed E-state index contributed by atoms with van der Waals surface area (Å²) in [6.07, 6.45) is 0. The molecule has 0 bridgehead atoms. The first-order valence-electron chi connectivity index (χ1n) is 4.99. The summed E-state index contributed by atoms with van der Waals surface area (Å²) < 4.78 is 0. The highest BCUT2D eigenvalue weighted by Gasteiger charge is 2.09. The van der Waals surface area contributed by atoms with Crippen molar-refractivity contribution in [2.24, 2.45) is 0 Å². The van der Waals surface area contributed by atoms with Crippen LogP contribution in [0, 0.1) is 6.92 Å². The smallest absolute Gasteiger partial charge is 0.221 e. The van der Waals surface area contributed by atoms with Crippen LogP contribution in [0.4, 0.5) is 5.69 Å². The van der Waals surface area contributed by atoms with Gasteiger partial charge in [0.15, 0.2) is 0 Å². The van der Waals surface area contributed by atoms with Crippen LogP contribution in [0.1, 0.15) is 12.6 Å². The third-order valence-corrected chi connectivity index (χ3v) is 2.40. The van der Waals surface area contributed by atoms with Gasteiger partial charge in [-0.05, 0) is 19.1 Å². The second kappa shape index (κ2) is 3.81. The van der Waals surface area contributed by atoms with Crippen molar-refractivity contribution in [1.29, 1.82) is 0 Å². The van der Waals surface area contributed by atoms with Crippen molar-refractivity contribution in [3.05, 3.63) is 40.2 Å². The molecule has 2 N–H and O–H groups in total. The molecular formula is C12H12N2O2. The third-order valence-electron chi connectivity index (χ3n) is 2.40. The summed E-state index contributed by atoms with van der Waals surface area (Å²) in [6, 6.07) is 7.22. The van der Waals surface area contributed by atoms with Gasteiger partial charge in [0.25, 0.3) is 0 Å². The normalized spacial score (nSPS) is 10.4. The molecule has 2 aromatic rings. The lowest BCUT2D eigenvalue weighted by atomic mass is 10.1. The highest BCUT2D eigenvalue weighted by Crippen LogP contribution is 2.13. The number of pyridine rings is 1. The number of fused-ring (bicyclic) bond motifs is 1. The molecule has 0 aliphatic rings. The fourth-order valence-electron chi connectivity index (χ4n) is 1.69. The monoisotopic (exact) mass is 216 g/mol. The van der Waals surface area contributed by atoms with Gasteiger partial charge in [-0.3, -0.25) is 9.59 Å². The van der Waals surface area contributed by atoms with Crippen LogP contribution >= 0.6 is 0 Å². The molecule has 82 valence electrons. The van der Waals surface area contributed by atoms with Crippen LogP contribution in [0.25, 0.3) is 10.9 Å². The number of para-hydroxylation sites is 1. The van der Waals surface area contributed by atoms with Crippen molar-refractivity contribution >= 4 is 22.5 Å². The Morgan fingerprint density at radius 3 is 2.69 bits per heavy atom. The van der Waals surface area contributed by atoms with E-state index in [-0.39, 0.29) is 11.3 Å². The molecule has 0 spiro atoms. The van der Waals surface area contributed by atoms with E-state index < -0.39 is 0 Å².